The highest BCUT2D eigenvalue weighted by Gasteiger charge is 2.21. The molecule has 0 fully saturated rings. The van der Waals surface area contributed by atoms with E-state index in [0.29, 0.717) is 5.56 Å². The fraction of sp³-hybridized carbons (Fsp3) is 0. The summed E-state index contributed by atoms with van der Waals surface area (Å²) in [7, 11) is 0. The number of rotatable bonds is 2. The van der Waals surface area contributed by atoms with E-state index in [1.54, 1.807) is 24.3 Å². The minimum absolute atomic E-state index is 0.0827. The molecule has 2 aromatic rings. The number of nitrogens with one attached hydrogen (secondary N) is 1. The van der Waals surface area contributed by atoms with Crippen molar-refractivity contribution < 1.29 is 13.6 Å². The first-order valence-corrected chi connectivity index (χ1v) is 6.26. The molecule has 0 unspecified atom stereocenters. The molecule has 104 valence electrons. The Morgan fingerprint density at radius 3 is 2.62 bits per heavy atom. The number of amides is 1. The summed E-state index contributed by atoms with van der Waals surface area (Å²) >= 11 is 0. The van der Waals surface area contributed by atoms with Crippen molar-refractivity contribution in [3.05, 3.63) is 77.0 Å². The van der Waals surface area contributed by atoms with Crippen molar-refractivity contribution in [2.75, 3.05) is 0 Å². The zero-order valence-corrected chi connectivity index (χ0v) is 10.8. The molecule has 3 nitrogen and oxygen atoms in total. The summed E-state index contributed by atoms with van der Waals surface area (Å²) in [5.41, 5.74) is 0.812. The number of carbonyl (C=O) groups is 1. The van der Waals surface area contributed by atoms with Crippen LogP contribution in [0.3, 0.4) is 0 Å². The number of benzene rings is 2. The lowest BCUT2D eigenvalue weighted by molar-refractivity contribution is -0.115. The van der Waals surface area contributed by atoms with Crippen LogP contribution in [0, 0.1) is 11.6 Å². The molecule has 0 atom stereocenters. The van der Waals surface area contributed by atoms with Gasteiger partial charge in [0.25, 0.3) is 5.91 Å². The fourth-order valence-electron chi connectivity index (χ4n) is 1.98. The molecule has 1 N–H and O–H groups in total. The second-order valence-electron chi connectivity index (χ2n) is 4.48. The molecule has 0 aromatic heterocycles. The monoisotopic (exact) mass is 284 g/mol. The van der Waals surface area contributed by atoms with E-state index in [0.717, 1.165) is 0 Å². The maximum absolute atomic E-state index is 13.6. The first-order chi connectivity index (χ1) is 10.1. The lowest BCUT2D eigenvalue weighted by Crippen LogP contribution is -2.24. The van der Waals surface area contributed by atoms with Crippen molar-refractivity contribution in [3.8, 4) is 0 Å². The van der Waals surface area contributed by atoms with Gasteiger partial charge in [0.2, 0.25) is 0 Å². The van der Waals surface area contributed by atoms with Gasteiger partial charge in [0.15, 0.2) is 0 Å². The summed E-state index contributed by atoms with van der Waals surface area (Å²) < 4.78 is 26.8. The number of carbonyl (C=O) groups excluding carboxylic acids is 1. The Balaban J connectivity index is 1.98. The zero-order valence-electron chi connectivity index (χ0n) is 10.8. The van der Waals surface area contributed by atoms with Crippen molar-refractivity contribution in [1.29, 1.82) is 0 Å². The molecule has 0 bridgehead atoms. The Bertz CT molecular complexity index is 781. The molecule has 0 aliphatic carbocycles. The quantitative estimate of drug-likeness (QED) is 0.846. The number of hydrogen-bond acceptors (Lipinski definition) is 2. The zero-order chi connectivity index (χ0) is 14.8. The van der Waals surface area contributed by atoms with Crippen molar-refractivity contribution >= 4 is 17.8 Å². The van der Waals surface area contributed by atoms with Crippen LogP contribution < -0.4 is 5.32 Å². The Labute approximate surface area is 119 Å². The molecule has 0 radical (unpaired) electrons. The predicted octanol–water partition coefficient (Wildman–Crippen LogP) is 2.88. The largest absolute Gasteiger partial charge is 0.305 e. The first-order valence-electron chi connectivity index (χ1n) is 6.26. The van der Waals surface area contributed by atoms with E-state index in [2.05, 4.69) is 10.3 Å². The Morgan fingerprint density at radius 2 is 1.86 bits per heavy atom. The van der Waals surface area contributed by atoms with Gasteiger partial charge in [-0.25, -0.2) is 13.8 Å². The van der Waals surface area contributed by atoms with Crippen LogP contribution in [-0.4, -0.2) is 11.7 Å². The average Bonchev–Trinajstić information content (AvgIpc) is 2.83. The van der Waals surface area contributed by atoms with E-state index in [1.807, 2.05) is 0 Å². The van der Waals surface area contributed by atoms with E-state index >= 15 is 0 Å². The molecule has 1 heterocycles. The van der Waals surface area contributed by atoms with Crippen LogP contribution in [0.4, 0.5) is 8.78 Å². The summed E-state index contributed by atoms with van der Waals surface area (Å²) in [6, 6.07) is 11.8. The van der Waals surface area contributed by atoms with Crippen LogP contribution in [0.15, 0.2) is 59.2 Å². The van der Waals surface area contributed by atoms with Crippen LogP contribution in [0.2, 0.25) is 0 Å². The number of halogens is 2. The van der Waals surface area contributed by atoms with Crippen molar-refractivity contribution in [2.24, 2.45) is 4.99 Å². The SMILES string of the molecule is O=C1NC(c2cccc(F)c2)=NC1=Cc1ccccc1F. The topological polar surface area (TPSA) is 41.5 Å². The van der Waals surface area contributed by atoms with Crippen LogP contribution in [0.5, 0.6) is 0 Å². The molecule has 0 saturated carbocycles. The van der Waals surface area contributed by atoms with Crippen LogP contribution in [-0.2, 0) is 4.79 Å². The maximum Gasteiger partial charge on any atom is 0.275 e. The molecule has 0 saturated heterocycles. The fourth-order valence-corrected chi connectivity index (χ4v) is 1.98. The minimum Gasteiger partial charge on any atom is -0.305 e. The summed E-state index contributed by atoms with van der Waals surface area (Å²) in [5.74, 6) is -1.05. The highest BCUT2D eigenvalue weighted by Crippen LogP contribution is 2.17. The second kappa shape index (κ2) is 5.28. The van der Waals surface area contributed by atoms with Gasteiger partial charge in [0, 0.05) is 11.1 Å². The average molecular weight is 284 g/mol. The molecule has 2 aromatic carbocycles. The normalized spacial score (nSPS) is 16.0. The van der Waals surface area contributed by atoms with Gasteiger partial charge in [-0.2, -0.15) is 0 Å². The van der Waals surface area contributed by atoms with Crippen LogP contribution in [0.1, 0.15) is 11.1 Å². The lowest BCUT2D eigenvalue weighted by atomic mass is 10.2. The van der Waals surface area contributed by atoms with Crippen molar-refractivity contribution in [2.45, 2.75) is 0 Å². The Morgan fingerprint density at radius 1 is 1.05 bits per heavy atom. The van der Waals surface area contributed by atoms with Gasteiger partial charge in [-0.05, 0) is 24.3 Å². The molecule has 1 aliphatic heterocycles. The van der Waals surface area contributed by atoms with Gasteiger partial charge >= 0.3 is 0 Å². The van der Waals surface area contributed by atoms with E-state index in [-0.39, 0.29) is 17.1 Å². The summed E-state index contributed by atoms with van der Waals surface area (Å²) in [6.07, 6.45) is 1.36. The Hall–Kier alpha value is -2.82. The van der Waals surface area contributed by atoms with E-state index < -0.39 is 17.5 Å². The van der Waals surface area contributed by atoms with Crippen LogP contribution in [0.25, 0.3) is 6.08 Å². The Kier molecular flexibility index (Phi) is 3.31. The highest BCUT2D eigenvalue weighted by molar-refractivity contribution is 6.19. The second-order valence-corrected chi connectivity index (χ2v) is 4.48. The third-order valence-corrected chi connectivity index (χ3v) is 2.99. The van der Waals surface area contributed by atoms with Gasteiger partial charge in [0.1, 0.15) is 23.2 Å². The molecular formula is C16H10F2N2O. The summed E-state index contributed by atoms with van der Waals surface area (Å²) in [4.78, 5) is 15.9. The van der Waals surface area contributed by atoms with E-state index in [9.17, 15) is 13.6 Å². The molecule has 1 amide bonds. The molecule has 21 heavy (non-hydrogen) atoms. The number of nitrogens with zero attached hydrogens (tertiary/aromatic N) is 1. The van der Waals surface area contributed by atoms with Gasteiger partial charge < -0.3 is 5.32 Å². The number of hydrogen-bond donors (Lipinski definition) is 1. The molecular weight excluding hydrogens is 274 g/mol. The number of amidine groups is 1. The van der Waals surface area contributed by atoms with Gasteiger partial charge in [0.05, 0.1) is 0 Å². The standard InChI is InChI=1S/C16H10F2N2O/c17-12-6-3-5-11(8-12)15-19-14(16(21)20-15)9-10-4-1-2-7-13(10)18/h1-9H,(H,19,20,21). The summed E-state index contributed by atoms with van der Waals surface area (Å²) in [5, 5.41) is 2.54. The molecule has 5 heteroatoms. The predicted molar refractivity (Wildman–Crippen MR) is 75.5 cm³/mol. The molecule has 0 spiro atoms. The lowest BCUT2D eigenvalue weighted by Gasteiger charge is -1.99. The molecule has 3 rings (SSSR count). The number of aliphatic imine (C=N–C) groups is 1. The van der Waals surface area contributed by atoms with Gasteiger partial charge in [-0.3, -0.25) is 4.79 Å². The van der Waals surface area contributed by atoms with Crippen molar-refractivity contribution in [1.82, 2.24) is 5.32 Å². The third kappa shape index (κ3) is 2.72. The van der Waals surface area contributed by atoms with Crippen molar-refractivity contribution in [3.63, 3.8) is 0 Å². The minimum atomic E-state index is -0.447. The van der Waals surface area contributed by atoms with Gasteiger partial charge in [-0.1, -0.05) is 30.3 Å². The van der Waals surface area contributed by atoms with Crippen LogP contribution >= 0.6 is 0 Å². The smallest absolute Gasteiger partial charge is 0.275 e. The van der Waals surface area contributed by atoms with E-state index in [1.165, 1.54) is 30.3 Å². The molecule has 1 aliphatic rings. The maximum atomic E-state index is 13.6. The summed E-state index contributed by atoms with van der Waals surface area (Å²) in [6.45, 7) is 0. The van der Waals surface area contributed by atoms with E-state index in [4.69, 9.17) is 0 Å². The third-order valence-electron chi connectivity index (χ3n) is 2.99. The highest BCUT2D eigenvalue weighted by atomic mass is 19.1. The van der Waals surface area contributed by atoms with Gasteiger partial charge in [-0.15, -0.1) is 0 Å². The first kappa shape index (κ1) is 13.2.